The number of nitrogens with one attached hydrogen (secondary N) is 3. The summed E-state index contributed by atoms with van der Waals surface area (Å²) < 4.78 is 111. The number of rotatable bonds is 19. The summed E-state index contributed by atoms with van der Waals surface area (Å²) in [5.41, 5.74) is 4.71. The first-order chi connectivity index (χ1) is 32.9. The first-order valence-electron chi connectivity index (χ1n) is 24.6. The van der Waals surface area contributed by atoms with E-state index in [1.807, 2.05) is 95.0 Å². The molecule has 4 aromatic rings. The molecule has 2 unspecified atom stereocenters. The van der Waals surface area contributed by atoms with Crippen LogP contribution in [0.25, 0.3) is 0 Å². The summed E-state index contributed by atoms with van der Waals surface area (Å²) in [6.07, 6.45) is 7.26. The molecule has 0 spiro atoms. The zero-order valence-electron chi connectivity index (χ0n) is 43.4. The van der Waals surface area contributed by atoms with Gasteiger partial charge in [-0.05, 0) is 121 Å². The third kappa shape index (κ3) is 15.2. The van der Waals surface area contributed by atoms with Gasteiger partial charge in [-0.15, -0.1) is 0 Å². The summed E-state index contributed by atoms with van der Waals surface area (Å²) in [6, 6.07) is 24.4. The number of nitrogens with zero attached hydrogens (tertiary/aromatic N) is 3. The largest absolute Gasteiger partial charge is 0.383 e. The van der Waals surface area contributed by atoms with Crippen molar-refractivity contribution in [3.63, 3.8) is 0 Å². The highest BCUT2D eigenvalue weighted by atomic mass is 32.2. The Hall–Kier alpha value is -4.20. The Morgan fingerprint density at radius 3 is 1.43 bits per heavy atom. The summed E-state index contributed by atoms with van der Waals surface area (Å²) in [4.78, 5) is 2.55. The van der Waals surface area contributed by atoms with Crippen molar-refractivity contribution in [3.05, 3.63) is 96.1 Å². The number of hydrogen-bond donors (Lipinski definition) is 3. The number of morpholine rings is 1. The van der Waals surface area contributed by atoms with Crippen LogP contribution < -0.4 is 18.8 Å². The van der Waals surface area contributed by atoms with Crippen LogP contribution in [0.15, 0.2) is 105 Å². The third-order valence-electron chi connectivity index (χ3n) is 12.5. The van der Waals surface area contributed by atoms with Gasteiger partial charge in [0.25, 0.3) is 20.0 Å². The van der Waals surface area contributed by atoms with Crippen molar-refractivity contribution in [2.75, 3.05) is 90.5 Å². The zero-order valence-corrected chi connectivity index (χ0v) is 46.6. The Balaban J connectivity index is 0.000000296. The van der Waals surface area contributed by atoms with Gasteiger partial charge in [-0.1, -0.05) is 86.6 Å². The van der Waals surface area contributed by atoms with Crippen LogP contribution in [0, 0.1) is 26.8 Å². The first kappa shape index (κ1) is 58.4. The van der Waals surface area contributed by atoms with E-state index in [1.54, 1.807) is 24.3 Å². The zero-order chi connectivity index (χ0) is 52.1. The third-order valence-corrected chi connectivity index (χ3v) is 18.5. The second kappa shape index (κ2) is 25.5. The molecular weight excluding hydrogens is 965 g/mol. The fourth-order valence-corrected chi connectivity index (χ4v) is 13.6. The molecule has 14 nitrogen and oxygen atoms in total. The van der Waals surface area contributed by atoms with E-state index in [-0.39, 0.29) is 36.8 Å². The van der Waals surface area contributed by atoms with Crippen molar-refractivity contribution in [1.82, 2.24) is 0 Å². The second-order valence-corrected chi connectivity index (χ2v) is 26.8. The Morgan fingerprint density at radius 1 is 0.614 bits per heavy atom. The molecule has 2 aliphatic rings. The maximum Gasteiger partial charge on any atom is 0.264 e. The molecule has 0 bridgehead atoms. The molecule has 70 heavy (non-hydrogen) atoms. The molecule has 0 amide bonds. The molecule has 2 saturated heterocycles. The molecule has 0 aliphatic carbocycles. The van der Waals surface area contributed by atoms with E-state index in [4.69, 9.17) is 19.0 Å². The number of anilines is 4. The number of ether oxygens (including phenoxy) is 2. The molecule has 0 radical (unpaired) electrons. The second-order valence-electron chi connectivity index (χ2n) is 18.8. The molecule has 18 heteroatoms. The van der Waals surface area contributed by atoms with E-state index in [0.29, 0.717) is 81.9 Å². The quantitative estimate of drug-likeness (QED) is 0.0815. The highest BCUT2D eigenvalue weighted by Crippen LogP contribution is 2.37. The Labute approximate surface area is 422 Å². The fourth-order valence-electron chi connectivity index (χ4n) is 8.30. The van der Waals surface area contributed by atoms with E-state index in [2.05, 4.69) is 26.1 Å². The summed E-state index contributed by atoms with van der Waals surface area (Å²) in [5, 5.41) is 3.40. The smallest absolute Gasteiger partial charge is 0.264 e. The SMILES string of the molecule is CC.CCc1ccc(N(CC(C)C)S(=O)(=O)c2ccc(N3CCOCC3)c(S(C)(=N)=O)c2)cc1.CCc1ccc(N(CC(C)C)S(=O)(=O)c2ccc(NCC3(CC)CCOCC3)c(S(C)(=N)=O)c2)cc1. The summed E-state index contributed by atoms with van der Waals surface area (Å²) in [6.45, 7) is 23.2. The number of hydrogen-bond acceptors (Lipinski definition) is 12. The summed E-state index contributed by atoms with van der Waals surface area (Å²) in [5.74, 6) is 0.205. The summed E-state index contributed by atoms with van der Waals surface area (Å²) in [7, 11) is -14.2. The van der Waals surface area contributed by atoms with Crippen LogP contribution in [0.3, 0.4) is 0 Å². The van der Waals surface area contributed by atoms with Crippen molar-refractivity contribution in [3.8, 4) is 0 Å². The number of aryl methyl sites for hydroxylation is 2. The minimum atomic E-state index is -3.94. The van der Waals surface area contributed by atoms with Crippen LogP contribution in [0.2, 0.25) is 0 Å². The first-order valence-corrected chi connectivity index (χ1v) is 31.4. The van der Waals surface area contributed by atoms with Crippen LogP contribution in [0.5, 0.6) is 0 Å². The van der Waals surface area contributed by atoms with Gasteiger partial charge >= 0.3 is 0 Å². The Kier molecular flexibility index (Phi) is 21.2. The predicted octanol–water partition coefficient (Wildman–Crippen LogP) is 10.8. The Bertz CT molecular complexity index is 2760. The van der Waals surface area contributed by atoms with Gasteiger partial charge in [0.2, 0.25) is 0 Å². The minimum absolute atomic E-state index is 0.0429. The molecule has 390 valence electrons. The van der Waals surface area contributed by atoms with E-state index in [1.165, 1.54) is 33.3 Å². The van der Waals surface area contributed by atoms with Gasteiger partial charge in [0.15, 0.2) is 0 Å². The molecule has 4 aromatic carbocycles. The van der Waals surface area contributed by atoms with Gasteiger partial charge < -0.3 is 19.7 Å². The summed E-state index contributed by atoms with van der Waals surface area (Å²) >= 11 is 0. The van der Waals surface area contributed by atoms with Gasteiger partial charge in [0.1, 0.15) is 0 Å². The molecular formula is C52H80N6O8S4. The highest BCUT2D eigenvalue weighted by molar-refractivity contribution is 7.93. The van der Waals surface area contributed by atoms with Gasteiger partial charge in [-0.25, -0.2) is 34.8 Å². The van der Waals surface area contributed by atoms with Gasteiger partial charge in [-0.3, -0.25) is 8.61 Å². The molecule has 2 atom stereocenters. The van der Waals surface area contributed by atoms with Crippen LogP contribution in [-0.4, -0.2) is 96.9 Å². The van der Waals surface area contributed by atoms with Crippen molar-refractivity contribution in [1.29, 1.82) is 9.56 Å². The maximum atomic E-state index is 13.9. The number of benzene rings is 4. The molecule has 2 aliphatic heterocycles. The topological polar surface area (TPSA) is 190 Å². The predicted molar refractivity (Wildman–Crippen MR) is 289 cm³/mol. The van der Waals surface area contributed by atoms with Gasteiger partial charge in [0, 0.05) is 58.4 Å². The molecule has 3 N–H and O–H groups in total. The lowest BCUT2D eigenvalue weighted by Gasteiger charge is -2.37. The lowest BCUT2D eigenvalue weighted by atomic mass is 9.78. The molecule has 0 aromatic heterocycles. The molecule has 6 rings (SSSR count). The normalized spacial score (nSPS) is 16.7. The van der Waals surface area contributed by atoms with Crippen LogP contribution in [0.1, 0.15) is 92.7 Å². The molecule has 0 saturated carbocycles. The van der Waals surface area contributed by atoms with Gasteiger partial charge in [0.05, 0.1) is 75.0 Å². The van der Waals surface area contributed by atoms with Crippen molar-refractivity contribution in [2.45, 2.75) is 114 Å². The van der Waals surface area contributed by atoms with E-state index in [9.17, 15) is 25.3 Å². The fraction of sp³-hybridized carbons (Fsp3) is 0.538. The van der Waals surface area contributed by atoms with Gasteiger partial charge in [-0.2, -0.15) is 0 Å². The van der Waals surface area contributed by atoms with Crippen LogP contribution >= 0.6 is 0 Å². The highest BCUT2D eigenvalue weighted by Gasteiger charge is 2.33. The monoisotopic (exact) mass is 1040 g/mol. The van der Waals surface area contributed by atoms with E-state index < -0.39 is 39.5 Å². The van der Waals surface area contributed by atoms with Crippen LogP contribution in [0.4, 0.5) is 22.7 Å². The number of sulfonamides is 2. The minimum Gasteiger partial charge on any atom is -0.383 e. The lowest BCUT2D eigenvalue weighted by Crippen LogP contribution is -2.37. The van der Waals surface area contributed by atoms with Crippen molar-refractivity contribution >= 4 is 62.3 Å². The standard InChI is InChI=1S/C27H41N3O4S2.C23H33N3O4S2.C2H6/c1-6-22-8-10-23(11-9-22)30(19-21(3)4)36(32,33)24-12-13-25(26(18-24)35(5,28)31)29-20-27(7-2)14-16-34-17-15-27;1-5-19-6-8-20(9-7-19)26(17-18(2)3)32(28,29)21-10-11-22(23(16-21)31(4,24)27)25-12-14-30-15-13-25;1-2/h8-13,18,21,28-29H,6-7,14-17,19-20H2,1-5H3;6-11,16,18,24H,5,12-15,17H2,1-4H3;1-2H3. The average molecular weight is 1050 g/mol. The average Bonchev–Trinajstić information content (AvgIpc) is 3.34. The maximum absolute atomic E-state index is 13.9. The van der Waals surface area contributed by atoms with E-state index >= 15 is 0 Å². The lowest BCUT2D eigenvalue weighted by molar-refractivity contribution is 0.0191. The van der Waals surface area contributed by atoms with Crippen molar-refractivity contribution in [2.24, 2.45) is 17.3 Å². The molecule has 2 fully saturated rings. The Morgan fingerprint density at radius 2 is 1.03 bits per heavy atom. The van der Waals surface area contributed by atoms with Crippen molar-refractivity contribution < 1.29 is 34.7 Å². The molecule has 2 heterocycles. The van der Waals surface area contributed by atoms with Crippen LogP contribution in [-0.2, 0) is 61.8 Å². The van der Waals surface area contributed by atoms with E-state index in [0.717, 1.165) is 43.2 Å².